The van der Waals surface area contributed by atoms with Crippen molar-refractivity contribution in [1.82, 2.24) is 10.3 Å². The Morgan fingerprint density at radius 3 is 2.32 bits per heavy atom. The van der Waals surface area contributed by atoms with Crippen molar-refractivity contribution < 1.29 is 14.7 Å². The molecule has 2 N–H and O–H groups in total. The first-order valence-corrected chi connectivity index (χ1v) is 7.67. The van der Waals surface area contributed by atoms with Crippen LogP contribution in [0.15, 0.2) is 18.3 Å². The lowest BCUT2D eigenvalue weighted by molar-refractivity contribution is -0.143. The summed E-state index contributed by atoms with van der Waals surface area (Å²) in [6, 6.07) is 3.52. The Balaban J connectivity index is 2.05. The molecule has 0 radical (unpaired) electrons. The van der Waals surface area contributed by atoms with E-state index in [4.69, 9.17) is 5.11 Å². The lowest BCUT2D eigenvalue weighted by atomic mass is 10.1. The number of carboxylic acid groups (broad SMARTS) is 1. The van der Waals surface area contributed by atoms with Crippen LogP contribution in [0.2, 0.25) is 0 Å². The van der Waals surface area contributed by atoms with E-state index >= 15 is 0 Å². The first kappa shape index (κ1) is 16.3. The highest BCUT2D eigenvalue weighted by atomic mass is 16.4. The molecule has 6 nitrogen and oxygen atoms in total. The number of amides is 1. The topological polar surface area (TPSA) is 82.5 Å². The molecular formula is C16H23N3O3. The van der Waals surface area contributed by atoms with E-state index in [-0.39, 0.29) is 0 Å². The van der Waals surface area contributed by atoms with Gasteiger partial charge in [0.05, 0.1) is 5.56 Å². The van der Waals surface area contributed by atoms with Crippen LogP contribution in [0.4, 0.5) is 5.82 Å². The SMILES string of the molecule is CC(C)(NC(=O)c1ccc(N2CCCCCC2)nc1)C(=O)O. The number of rotatable bonds is 4. The fraction of sp³-hybridized carbons (Fsp3) is 0.562. The number of carboxylic acids is 1. The number of hydrogen-bond acceptors (Lipinski definition) is 4. The van der Waals surface area contributed by atoms with Gasteiger partial charge in [-0.1, -0.05) is 12.8 Å². The minimum atomic E-state index is -1.31. The zero-order chi connectivity index (χ0) is 16.2. The van der Waals surface area contributed by atoms with Crippen LogP contribution in [0.5, 0.6) is 0 Å². The molecule has 22 heavy (non-hydrogen) atoms. The summed E-state index contributed by atoms with van der Waals surface area (Å²) in [7, 11) is 0. The average molecular weight is 305 g/mol. The number of hydrogen-bond donors (Lipinski definition) is 2. The van der Waals surface area contributed by atoms with Crippen LogP contribution < -0.4 is 10.2 Å². The maximum atomic E-state index is 12.1. The summed E-state index contributed by atoms with van der Waals surface area (Å²) in [5, 5.41) is 11.5. The molecule has 1 aliphatic heterocycles. The zero-order valence-corrected chi connectivity index (χ0v) is 13.1. The van der Waals surface area contributed by atoms with Gasteiger partial charge in [-0.3, -0.25) is 4.79 Å². The number of anilines is 1. The van der Waals surface area contributed by atoms with E-state index in [0.29, 0.717) is 5.56 Å². The van der Waals surface area contributed by atoms with E-state index in [1.807, 2.05) is 6.07 Å². The number of nitrogens with zero attached hydrogens (tertiary/aromatic N) is 2. The van der Waals surface area contributed by atoms with Gasteiger partial charge in [0.2, 0.25) is 0 Å². The molecule has 120 valence electrons. The van der Waals surface area contributed by atoms with Crippen molar-refractivity contribution in [2.45, 2.75) is 45.1 Å². The molecule has 2 rings (SSSR count). The molecule has 2 heterocycles. The Labute approximate surface area is 130 Å². The van der Waals surface area contributed by atoms with E-state index in [1.165, 1.54) is 32.9 Å². The molecule has 0 unspecified atom stereocenters. The second-order valence-corrected chi connectivity index (χ2v) is 6.19. The van der Waals surface area contributed by atoms with Gasteiger partial charge in [0.1, 0.15) is 11.4 Å². The summed E-state index contributed by atoms with van der Waals surface area (Å²) >= 11 is 0. The number of carbonyl (C=O) groups is 2. The van der Waals surface area contributed by atoms with Crippen LogP contribution in [0.1, 0.15) is 49.9 Å². The van der Waals surface area contributed by atoms with Gasteiger partial charge in [0.15, 0.2) is 0 Å². The Morgan fingerprint density at radius 1 is 1.18 bits per heavy atom. The van der Waals surface area contributed by atoms with Gasteiger partial charge >= 0.3 is 5.97 Å². The third-order valence-electron chi connectivity index (χ3n) is 3.90. The zero-order valence-electron chi connectivity index (χ0n) is 13.1. The minimum Gasteiger partial charge on any atom is -0.480 e. The third kappa shape index (κ3) is 3.96. The van der Waals surface area contributed by atoms with Gasteiger partial charge in [0, 0.05) is 19.3 Å². The van der Waals surface area contributed by atoms with Crippen LogP contribution in [0, 0.1) is 0 Å². The van der Waals surface area contributed by atoms with Crippen molar-refractivity contribution in [1.29, 1.82) is 0 Å². The smallest absolute Gasteiger partial charge is 0.328 e. The molecular weight excluding hydrogens is 282 g/mol. The van der Waals surface area contributed by atoms with Gasteiger partial charge in [-0.25, -0.2) is 9.78 Å². The lowest BCUT2D eigenvalue weighted by Gasteiger charge is -2.22. The van der Waals surface area contributed by atoms with Crippen molar-refractivity contribution in [3.05, 3.63) is 23.9 Å². The van der Waals surface area contributed by atoms with Crippen LogP contribution in [-0.4, -0.2) is 40.6 Å². The molecule has 0 aliphatic carbocycles. The van der Waals surface area contributed by atoms with E-state index in [0.717, 1.165) is 31.7 Å². The van der Waals surface area contributed by atoms with Crippen LogP contribution in [-0.2, 0) is 4.79 Å². The number of nitrogens with one attached hydrogen (secondary N) is 1. The molecule has 0 bridgehead atoms. The molecule has 1 aromatic rings. The fourth-order valence-electron chi connectivity index (χ4n) is 2.42. The second-order valence-electron chi connectivity index (χ2n) is 6.19. The largest absolute Gasteiger partial charge is 0.480 e. The van der Waals surface area contributed by atoms with Gasteiger partial charge in [-0.15, -0.1) is 0 Å². The number of aromatic nitrogens is 1. The van der Waals surface area contributed by atoms with E-state index in [1.54, 1.807) is 6.07 Å². The Morgan fingerprint density at radius 2 is 1.82 bits per heavy atom. The maximum absolute atomic E-state index is 12.1. The quantitative estimate of drug-likeness (QED) is 0.889. The normalized spacial score (nSPS) is 16.0. The second kappa shape index (κ2) is 6.77. The summed E-state index contributed by atoms with van der Waals surface area (Å²) in [5.74, 6) is -0.631. The molecule has 1 fully saturated rings. The standard InChI is InChI=1S/C16H23N3O3/c1-16(2,15(21)22)18-14(20)12-7-8-13(17-11-12)19-9-5-3-4-6-10-19/h7-8,11H,3-6,9-10H2,1-2H3,(H,18,20)(H,21,22). The molecule has 1 amide bonds. The highest BCUT2D eigenvalue weighted by Gasteiger charge is 2.29. The Bertz CT molecular complexity index is 532. The number of pyridine rings is 1. The van der Waals surface area contributed by atoms with Gasteiger partial charge < -0.3 is 15.3 Å². The molecule has 1 saturated heterocycles. The minimum absolute atomic E-state index is 0.368. The van der Waals surface area contributed by atoms with Gasteiger partial charge in [-0.2, -0.15) is 0 Å². The summed E-state index contributed by atoms with van der Waals surface area (Å²) in [6.07, 6.45) is 6.34. The van der Waals surface area contributed by atoms with E-state index in [2.05, 4.69) is 15.2 Å². The first-order chi connectivity index (χ1) is 10.4. The molecule has 0 atom stereocenters. The number of carbonyl (C=O) groups excluding carboxylic acids is 1. The van der Waals surface area contributed by atoms with Crippen LogP contribution in [0.25, 0.3) is 0 Å². The van der Waals surface area contributed by atoms with Crippen molar-refractivity contribution in [2.24, 2.45) is 0 Å². The van der Waals surface area contributed by atoms with Crippen molar-refractivity contribution >= 4 is 17.7 Å². The predicted molar refractivity (Wildman–Crippen MR) is 84.1 cm³/mol. The summed E-state index contributed by atoms with van der Waals surface area (Å²) in [5.41, 5.74) is -0.937. The molecule has 6 heteroatoms. The molecule has 1 aromatic heterocycles. The van der Waals surface area contributed by atoms with Crippen molar-refractivity contribution in [2.75, 3.05) is 18.0 Å². The molecule has 1 aliphatic rings. The maximum Gasteiger partial charge on any atom is 0.328 e. The molecule has 0 saturated carbocycles. The first-order valence-electron chi connectivity index (χ1n) is 7.67. The number of aliphatic carboxylic acids is 1. The van der Waals surface area contributed by atoms with Crippen LogP contribution in [0.3, 0.4) is 0 Å². The summed E-state index contributed by atoms with van der Waals surface area (Å²) < 4.78 is 0. The highest BCUT2D eigenvalue weighted by Crippen LogP contribution is 2.17. The third-order valence-corrected chi connectivity index (χ3v) is 3.90. The van der Waals surface area contributed by atoms with Gasteiger partial charge in [0.25, 0.3) is 5.91 Å². The Hall–Kier alpha value is -2.11. The van der Waals surface area contributed by atoms with Crippen LogP contribution >= 0.6 is 0 Å². The van der Waals surface area contributed by atoms with Gasteiger partial charge in [-0.05, 0) is 38.8 Å². The summed E-state index contributed by atoms with van der Waals surface area (Å²) in [4.78, 5) is 29.7. The molecule has 0 spiro atoms. The summed E-state index contributed by atoms with van der Waals surface area (Å²) in [6.45, 7) is 4.88. The predicted octanol–water partition coefficient (Wildman–Crippen LogP) is 2.05. The fourth-order valence-corrected chi connectivity index (χ4v) is 2.42. The lowest BCUT2D eigenvalue weighted by Crippen LogP contribution is -2.49. The van der Waals surface area contributed by atoms with Crippen molar-refractivity contribution in [3.63, 3.8) is 0 Å². The van der Waals surface area contributed by atoms with Crippen molar-refractivity contribution in [3.8, 4) is 0 Å². The van der Waals surface area contributed by atoms with E-state index < -0.39 is 17.4 Å². The highest BCUT2D eigenvalue weighted by molar-refractivity contribution is 5.97. The molecule has 0 aromatic carbocycles. The van der Waals surface area contributed by atoms with E-state index in [9.17, 15) is 9.59 Å². The Kier molecular flexibility index (Phi) is 5.00. The average Bonchev–Trinajstić information content (AvgIpc) is 2.76. The monoisotopic (exact) mass is 305 g/mol.